The third kappa shape index (κ3) is 4.31. The predicted octanol–water partition coefficient (Wildman–Crippen LogP) is 4.48. The lowest BCUT2D eigenvalue weighted by Gasteiger charge is -2.09. The van der Waals surface area contributed by atoms with Crippen LogP contribution in [0.15, 0.2) is 42.5 Å². The second-order valence-corrected chi connectivity index (χ2v) is 5.77. The second-order valence-electron chi connectivity index (χ2n) is 4.67. The largest absolute Gasteiger partial charge is 0.492 e. The number of carbonyl (C=O) groups is 1. The molecule has 0 bridgehead atoms. The molecule has 0 aliphatic rings. The second kappa shape index (κ2) is 7.94. The minimum absolute atomic E-state index is 0.0508. The highest BCUT2D eigenvalue weighted by Crippen LogP contribution is 2.20. The number of hydrogen-bond acceptors (Lipinski definition) is 3. The van der Waals surface area contributed by atoms with Gasteiger partial charge in [-0.1, -0.05) is 24.3 Å². The molecule has 0 aliphatic heterocycles. The number of carbonyl (C=O) groups excluding carboxylic acids is 1. The standard InChI is InChI=1S/C17H16F2O2S/c1-12(20)14-6-2-3-8-16(14)21-9-10-22-11-13-5-4-7-15(18)17(13)19/h2-8H,9-11H2,1H3. The van der Waals surface area contributed by atoms with Crippen molar-refractivity contribution in [2.45, 2.75) is 12.7 Å². The summed E-state index contributed by atoms with van der Waals surface area (Å²) in [4.78, 5) is 11.4. The minimum Gasteiger partial charge on any atom is -0.492 e. The third-order valence-corrected chi connectivity index (χ3v) is 4.01. The summed E-state index contributed by atoms with van der Waals surface area (Å²) >= 11 is 1.45. The fourth-order valence-electron chi connectivity index (χ4n) is 1.94. The normalized spacial score (nSPS) is 10.5. The maximum Gasteiger partial charge on any atom is 0.163 e. The van der Waals surface area contributed by atoms with E-state index in [-0.39, 0.29) is 5.78 Å². The lowest BCUT2D eigenvalue weighted by molar-refractivity contribution is 0.101. The van der Waals surface area contributed by atoms with Crippen molar-refractivity contribution in [3.05, 3.63) is 65.2 Å². The first-order valence-electron chi connectivity index (χ1n) is 6.83. The van der Waals surface area contributed by atoms with Crippen LogP contribution in [-0.4, -0.2) is 18.1 Å². The number of benzene rings is 2. The lowest BCUT2D eigenvalue weighted by Crippen LogP contribution is -2.05. The molecule has 0 amide bonds. The highest BCUT2D eigenvalue weighted by Gasteiger charge is 2.08. The first-order chi connectivity index (χ1) is 10.6. The molecule has 2 aromatic rings. The Morgan fingerprint density at radius 3 is 2.68 bits per heavy atom. The van der Waals surface area contributed by atoms with E-state index in [2.05, 4.69) is 0 Å². The zero-order valence-electron chi connectivity index (χ0n) is 12.1. The number of para-hydroxylation sites is 1. The van der Waals surface area contributed by atoms with Crippen LogP contribution in [0.4, 0.5) is 8.78 Å². The molecular formula is C17H16F2O2S. The van der Waals surface area contributed by atoms with Crippen molar-refractivity contribution in [1.82, 2.24) is 0 Å². The Labute approximate surface area is 132 Å². The van der Waals surface area contributed by atoms with Crippen LogP contribution in [0.3, 0.4) is 0 Å². The summed E-state index contributed by atoms with van der Waals surface area (Å²) in [5.41, 5.74) is 0.887. The Balaban J connectivity index is 1.81. The zero-order chi connectivity index (χ0) is 15.9. The van der Waals surface area contributed by atoms with Crippen LogP contribution in [-0.2, 0) is 5.75 Å². The van der Waals surface area contributed by atoms with Crippen molar-refractivity contribution >= 4 is 17.5 Å². The fourth-order valence-corrected chi connectivity index (χ4v) is 2.72. The Morgan fingerprint density at radius 1 is 1.14 bits per heavy atom. The Hall–Kier alpha value is -1.88. The van der Waals surface area contributed by atoms with Gasteiger partial charge in [0, 0.05) is 17.1 Å². The monoisotopic (exact) mass is 322 g/mol. The molecule has 2 rings (SSSR count). The molecule has 0 spiro atoms. The van der Waals surface area contributed by atoms with Gasteiger partial charge in [-0.25, -0.2) is 8.78 Å². The topological polar surface area (TPSA) is 26.3 Å². The third-order valence-electron chi connectivity index (χ3n) is 3.04. The van der Waals surface area contributed by atoms with Gasteiger partial charge in [0.1, 0.15) is 5.75 Å². The quantitative estimate of drug-likeness (QED) is 0.555. The summed E-state index contributed by atoms with van der Waals surface area (Å²) < 4.78 is 32.1. The van der Waals surface area contributed by atoms with Crippen LogP contribution in [0.1, 0.15) is 22.8 Å². The van der Waals surface area contributed by atoms with E-state index in [1.165, 1.54) is 24.8 Å². The number of thioether (sulfide) groups is 1. The van der Waals surface area contributed by atoms with Crippen molar-refractivity contribution in [2.24, 2.45) is 0 Å². The van der Waals surface area contributed by atoms with Crippen LogP contribution in [0, 0.1) is 11.6 Å². The van der Waals surface area contributed by atoms with E-state index in [1.54, 1.807) is 30.3 Å². The average molecular weight is 322 g/mol. The van der Waals surface area contributed by atoms with E-state index in [0.717, 1.165) is 6.07 Å². The molecule has 0 unspecified atom stereocenters. The lowest BCUT2D eigenvalue weighted by atomic mass is 10.1. The van der Waals surface area contributed by atoms with Gasteiger partial charge in [-0.05, 0) is 25.1 Å². The number of halogens is 2. The molecule has 2 nitrogen and oxygen atoms in total. The van der Waals surface area contributed by atoms with E-state index in [1.807, 2.05) is 0 Å². The van der Waals surface area contributed by atoms with Crippen LogP contribution in [0.25, 0.3) is 0 Å². The molecule has 0 saturated heterocycles. The summed E-state index contributed by atoms with van der Waals surface area (Å²) in [5, 5.41) is 0. The molecule has 0 heterocycles. The molecule has 0 radical (unpaired) electrons. The number of hydrogen-bond donors (Lipinski definition) is 0. The van der Waals surface area contributed by atoms with Crippen molar-refractivity contribution < 1.29 is 18.3 Å². The molecule has 0 aliphatic carbocycles. The maximum atomic E-state index is 13.5. The highest BCUT2D eigenvalue weighted by molar-refractivity contribution is 7.98. The zero-order valence-corrected chi connectivity index (χ0v) is 13.0. The molecule has 116 valence electrons. The van der Waals surface area contributed by atoms with Gasteiger partial charge in [0.25, 0.3) is 0 Å². The molecule has 0 fully saturated rings. The Bertz CT molecular complexity index is 659. The summed E-state index contributed by atoms with van der Waals surface area (Å²) in [6.07, 6.45) is 0. The van der Waals surface area contributed by atoms with E-state index >= 15 is 0 Å². The molecule has 0 aromatic heterocycles. The highest BCUT2D eigenvalue weighted by atomic mass is 32.2. The molecule has 0 atom stereocenters. The van der Waals surface area contributed by atoms with Gasteiger partial charge in [0.2, 0.25) is 0 Å². The number of ether oxygens (including phenoxy) is 1. The van der Waals surface area contributed by atoms with Crippen LogP contribution < -0.4 is 4.74 Å². The van der Waals surface area contributed by atoms with E-state index in [9.17, 15) is 13.6 Å². The van der Waals surface area contributed by atoms with Crippen molar-refractivity contribution in [3.63, 3.8) is 0 Å². The van der Waals surface area contributed by atoms with Gasteiger partial charge in [-0.3, -0.25) is 4.79 Å². The van der Waals surface area contributed by atoms with E-state index < -0.39 is 11.6 Å². The molecule has 0 saturated carbocycles. The molecule has 0 N–H and O–H groups in total. The summed E-state index contributed by atoms with van der Waals surface area (Å²) in [5.74, 6) is -0.135. The SMILES string of the molecule is CC(=O)c1ccccc1OCCSCc1cccc(F)c1F. The number of rotatable bonds is 7. The van der Waals surface area contributed by atoms with Gasteiger partial charge in [0.05, 0.1) is 12.2 Å². The van der Waals surface area contributed by atoms with Gasteiger partial charge < -0.3 is 4.74 Å². The van der Waals surface area contributed by atoms with E-state index in [4.69, 9.17) is 4.74 Å². The summed E-state index contributed by atoms with van der Waals surface area (Å²) in [6, 6.07) is 11.2. The first kappa shape index (κ1) is 16.5. The van der Waals surface area contributed by atoms with E-state index in [0.29, 0.717) is 35.0 Å². The maximum absolute atomic E-state index is 13.5. The number of Topliss-reactive ketones (excluding diaryl/α,β-unsaturated/α-hetero) is 1. The molecule has 2 aromatic carbocycles. The van der Waals surface area contributed by atoms with Crippen LogP contribution >= 0.6 is 11.8 Å². The van der Waals surface area contributed by atoms with Crippen molar-refractivity contribution in [2.75, 3.05) is 12.4 Å². The minimum atomic E-state index is -0.829. The smallest absolute Gasteiger partial charge is 0.163 e. The van der Waals surface area contributed by atoms with Gasteiger partial charge in [-0.15, -0.1) is 0 Å². The molecule has 5 heteroatoms. The van der Waals surface area contributed by atoms with Gasteiger partial charge in [0.15, 0.2) is 17.4 Å². The molecule has 22 heavy (non-hydrogen) atoms. The van der Waals surface area contributed by atoms with Crippen molar-refractivity contribution in [1.29, 1.82) is 0 Å². The van der Waals surface area contributed by atoms with Gasteiger partial charge in [-0.2, -0.15) is 11.8 Å². The Kier molecular flexibility index (Phi) is 5.95. The van der Waals surface area contributed by atoms with Crippen molar-refractivity contribution in [3.8, 4) is 5.75 Å². The van der Waals surface area contributed by atoms with Crippen LogP contribution in [0.5, 0.6) is 5.75 Å². The van der Waals surface area contributed by atoms with Crippen LogP contribution in [0.2, 0.25) is 0 Å². The molecular weight excluding hydrogens is 306 g/mol. The summed E-state index contributed by atoms with van der Waals surface area (Å²) in [6.45, 7) is 1.88. The average Bonchev–Trinajstić information content (AvgIpc) is 2.51. The summed E-state index contributed by atoms with van der Waals surface area (Å²) in [7, 11) is 0. The van der Waals surface area contributed by atoms with Gasteiger partial charge >= 0.3 is 0 Å². The Morgan fingerprint density at radius 2 is 1.91 bits per heavy atom. The predicted molar refractivity (Wildman–Crippen MR) is 84.5 cm³/mol. The first-order valence-corrected chi connectivity index (χ1v) is 7.98. The number of ketones is 1. The fraction of sp³-hybridized carbons (Fsp3) is 0.235.